The molecule has 6 nitrogen and oxygen atoms in total. The van der Waals surface area contributed by atoms with Crippen molar-refractivity contribution in [3.8, 4) is 6.07 Å². The van der Waals surface area contributed by atoms with E-state index in [0.717, 1.165) is 24.2 Å². The van der Waals surface area contributed by atoms with Crippen LogP contribution in [0.15, 0.2) is 30.3 Å². The summed E-state index contributed by atoms with van der Waals surface area (Å²) in [6, 6.07) is 11.6. The second-order valence-electron chi connectivity index (χ2n) is 5.12. The highest BCUT2D eigenvalue weighted by Crippen LogP contribution is 2.37. The summed E-state index contributed by atoms with van der Waals surface area (Å²) in [5.41, 5.74) is 0.971. The molecule has 1 saturated carbocycles. The Labute approximate surface area is 122 Å². The first kappa shape index (κ1) is 13.3. The van der Waals surface area contributed by atoms with E-state index in [4.69, 9.17) is 5.26 Å². The van der Waals surface area contributed by atoms with Gasteiger partial charge in [0.1, 0.15) is 12.4 Å². The van der Waals surface area contributed by atoms with Gasteiger partial charge in [-0.25, -0.2) is 4.98 Å². The summed E-state index contributed by atoms with van der Waals surface area (Å²) in [5.74, 6) is 1.01. The summed E-state index contributed by atoms with van der Waals surface area (Å²) in [6.45, 7) is 0.390. The zero-order chi connectivity index (χ0) is 14.7. The number of nitriles is 1. The van der Waals surface area contributed by atoms with Crippen LogP contribution in [0.4, 0.5) is 0 Å². The van der Waals surface area contributed by atoms with Gasteiger partial charge >= 0.3 is 0 Å². The molecule has 1 aromatic heterocycles. The first-order valence-corrected chi connectivity index (χ1v) is 6.90. The number of carbonyl (C=O) groups is 1. The average Bonchev–Trinajstić information content (AvgIpc) is 3.25. The number of carbonyl (C=O) groups excluding carboxylic acids is 1. The Balaban J connectivity index is 1.75. The van der Waals surface area contributed by atoms with Crippen molar-refractivity contribution >= 4 is 5.91 Å². The number of nitrogens with zero attached hydrogens (tertiary/aromatic N) is 4. The van der Waals surface area contributed by atoms with E-state index in [2.05, 4.69) is 15.2 Å². The average molecular weight is 281 g/mol. The maximum Gasteiger partial charge on any atom is 0.294 e. The van der Waals surface area contributed by atoms with Gasteiger partial charge in [0.2, 0.25) is 5.82 Å². The van der Waals surface area contributed by atoms with Crippen LogP contribution in [0.2, 0.25) is 0 Å². The molecule has 0 radical (unpaired) electrons. The summed E-state index contributed by atoms with van der Waals surface area (Å²) in [4.78, 5) is 18.1. The van der Waals surface area contributed by atoms with Gasteiger partial charge in [-0.1, -0.05) is 30.3 Å². The summed E-state index contributed by atoms with van der Waals surface area (Å²) >= 11 is 0. The molecule has 0 bridgehead atoms. The second-order valence-corrected chi connectivity index (χ2v) is 5.12. The highest BCUT2D eigenvalue weighted by atomic mass is 16.2. The van der Waals surface area contributed by atoms with Gasteiger partial charge in [0, 0.05) is 12.5 Å². The fraction of sp³-hybridized carbons (Fsp3) is 0.333. The maximum atomic E-state index is 12.4. The van der Waals surface area contributed by atoms with Crippen molar-refractivity contribution in [2.24, 2.45) is 0 Å². The lowest BCUT2D eigenvalue weighted by Crippen LogP contribution is -2.31. The monoisotopic (exact) mass is 281 g/mol. The van der Waals surface area contributed by atoms with E-state index in [-0.39, 0.29) is 18.3 Å². The van der Waals surface area contributed by atoms with Gasteiger partial charge in [0.25, 0.3) is 5.91 Å². The molecule has 6 heteroatoms. The summed E-state index contributed by atoms with van der Waals surface area (Å²) in [5, 5.41) is 15.7. The topological polar surface area (TPSA) is 85.7 Å². The molecule has 0 spiro atoms. The molecule has 1 heterocycles. The number of benzene rings is 1. The van der Waals surface area contributed by atoms with Gasteiger partial charge in [0.15, 0.2) is 0 Å². The van der Waals surface area contributed by atoms with Gasteiger partial charge in [-0.2, -0.15) is 5.26 Å². The minimum atomic E-state index is -0.316. The van der Waals surface area contributed by atoms with Crippen molar-refractivity contribution in [3.05, 3.63) is 47.5 Å². The van der Waals surface area contributed by atoms with Crippen LogP contribution in [0.1, 0.15) is 40.8 Å². The smallest absolute Gasteiger partial charge is 0.294 e. The predicted octanol–water partition coefficient (Wildman–Crippen LogP) is 1.85. The molecular formula is C15H15N5O. The third kappa shape index (κ3) is 3.08. The molecule has 1 N–H and O–H groups in total. The minimum Gasteiger partial charge on any atom is -0.318 e. The molecule has 106 valence electrons. The van der Waals surface area contributed by atoms with Crippen LogP contribution < -0.4 is 0 Å². The van der Waals surface area contributed by atoms with E-state index in [1.807, 2.05) is 36.4 Å². The number of aromatic nitrogens is 3. The molecule has 0 saturated heterocycles. The lowest BCUT2D eigenvalue weighted by atomic mass is 10.2. The van der Waals surface area contributed by atoms with Crippen molar-refractivity contribution in [3.63, 3.8) is 0 Å². The first-order valence-electron chi connectivity index (χ1n) is 6.90. The molecular weight excluding hydrogens is 266 g/mol. The number of hydrogen-bond acceptors (Lipinski definition) is 4. The summed E-state index contributed by atoms with van der Waals surface area (Å²) in [6.07, 6.45) is 2.18. The molecule has 1 aliphatic rings. The van der Waals surface area contributed by atoms with Crippen LogP contribution in [0.25, 0.3) is 0 Å². The minimum absolute atomic E-state index is 0.0149. The Morgan fingerprint density at radius 1 is 1.38 bits per heavy atom. The highest BCUT2D eigenvalue weighted by Gasteiger charge is 2.29. The van der Waals surface area contributed by atoms with Crippen molar-refractivity contribution < 1.29 is 4.79 Å². The second kappa shape index (κ2) is 5.75. The Morgan fingerprint density at radius 2 is 2.14 bits per heavy atom. The number of amides is 1. The number of hydrogen-bond donors (Lipinski definition) is 1. The largest absolute Gasteiger partial charge is 0.318 e. The van der Waals surface area contributed by atoms with E-state index in [1.54, 1.807) is 0 Å². The fourth-order valence-electron chi connectivity index (χ4n) is 2.14. The van der Waals surface area contributed by atoms with Gasteiger partial charge in [-0.3, -0.25) is 9.89 Å². The van der Waals surface area contributed by atoms with Gasteiger partial charge < -0.3 is 4.90 Å². The summed E-state index contributed by atoms with van der Waals surface area (Å²) < 4.78 is 0. The zero-order valence-electron chi connectivity index (χ0n) is 11.5. The van der Waals surface area contributed by atoms with E-state index < -0.39 is 0 Å². The van der Waals surface area contributed by atoms with Gasteiger partial charge in [0.05, 0.1) is 6.07 Å². The quantitative estimate of drug-likeness (QED) is 0.847. The van der Waals surface area contributed by atoms with E-state index in [1.165, 1.54) is 4.90 Å². The Bertz CT molecular complexity index is 669. The fourth-order valence-corrected chi connectivity index (χ4v) is 2.14. The van der Waals surface area contributed by atoms with E-state index >= 15 is 0 Å². The van der Waals surface area contributed by atoms with E-state index in [0.29, 0.717) is 12.5 Å². The van der Waals surface area contributed by atoms with Crippen molar-refractivity contribution in [2.45, 2.75) is 25.3 Å². The third-order valence-corrected chi connectivity index (χ3v) is 3.42. The van der Waals surface area contributed by atoms with Crippen LogP contribution >= 0.6 is 0 Å². The van der Waals surface area contributed by atoms with Crippen LogP contribution in [-0.2, 0) is 6.54 Å². The van der Waals surface area contributed by atoms with Crippen LogP contribution in [0.3, 0.4) is 0 Å². The molecule has 1 fully saturated rings. The molecule has 3 rings (SSSR count). The molecule has 0 atom stereocenters. The van der Waals surface area contributed by atoms with Gasteiger partial charge in [-0.05, 0) is 18.4 Å². The third-order valence-electron chi connectivity index (χ3n) is 3.42. The van der Waals surface area contributed by atoms with Crippen LogP contribution in [0.5, 0.6) is 0 Å². The van der Waals surface area contributed by atoms with Crippen molar-refractivity contribution in [2.75, 3.05) is 6.54 Å². The molecule has 1 aromatic carbocycles. The Morgan fingerprint density at radius 3 is 2.81 bits per heavy atom. The van der Waals surface area contributed by atoms with Crippen molar-refractivity contribution in [1.82, 2.24) is 20.1 Å². The zero-order valence-corrected chi connectivity index (χ0v) is 11.5. The molecule has 0 aliphatic heterocycles. The lowest BCUT2D eigenvalue weighted by Gasteiger charge is -2.17. The Kier molecular flexibility index (Phi) is 3.65. The normalized spacial score (nSPS) is 13.7. The lowest BCUT2D eigenvalue weighted by molar-refractivity contribution is 0.0753. The predicted molar refractivity (Wildman–Crippen MR) is 75.2 cm³/mol. The molecule has 0 unspecified atom stereocenters. The number of nitrogens with one attached hydrogen (secondary N) is 1. The van der Waals surface area contributed by atoms with Crippen LogP contribution in [-0.4, -0.2) is 32.5 Å². The number of rotatable bonds is 5. The molecule has 2 aromatic rings. The molecule has 21 heavy (non-hydrogen) atoms. The standard InChI is InChI=1S/C15H15N5O/c16-8-9-20(10-11-4-2-1-3-5-11)15(21)14-17-13(18-19-14)12-6-7-12/h1-5,12H,6-7,9-10H2,(H,17,18,19). The van der Waals surface area contributed by atoms with E-state index in [9.17, 15) is 4.79 Å². The van der Waals surface area contributed by atoms with Crippen LogP contribution in [0, 0.1) is 11.3 Å². The Hall–Kier alpha value is -2.68. The van der Waals surface area contributed by atoms with Crippen molar-refractivity contribution in [1.29, 1.82) is 5.26 Å². The highest BCUT2D eigenvalue weighted by molar-refractivity contribution is 5.90. The molecule has 1 amide bonds. The summed E-state index contributed by atoms with van der Waals surface area (Å²) in [7, 11) is 0. The molecule has 1 aliphatic carbocycles. The first-order chi connectivity index (χ1) is 10.3. The maximum absolute atomic E-state index is 12.4. The number of aromatic amines is 1. The number of H-pyrrole nitrogens is 1. The SMILES string of the molecule is N#CCN(Cc1ccccc1)C(=O)c1n[nH]c(C2CC2)n1. The van der Waals surface area contributed by atoms with Gasteiger partial charge in [-0.15, -0.1) is 5.10 Å².